The van der Waals surface area contributed by atoms with Gasteiger partial charge in [-0.1, -0.05) is 29.3 Å². The molecule has 28 heavy (non-hydrogen) atoms. The highest BCUT2D eigenvalue weighted by atomic mass is 35.5. The van der Waals surface area contributed by atoms with E-state index in [4.69, 9.17) is 27.9 Å². The number of anilines is 2. The molecule has 0 aliphatic rings. The summed E-state index contributed by atoms with van der Waals surface area (Å²) >= 11 is 12.5. The van der Waals surface area contributed by atoms with E-state index in [9.17, 15) is 4.79 Å². The largest absolute Gasteiger partial charge is 0.465 e. The highest BCUT2D eigenvalue weighted by molar-refractivity contribution is 6.39. The van der Waals surface area contributed by atoms with Crippen molar-refractivity contribution in [2.24, 2.45) is 0 Å². The van der Waals surface area contributed by atoms with Gasteiger partial charge in [0.05, 0.1) is 40.2 Å². The van der Waals surface area contributed by atoms with Crippen LogP contribution in [0.1, 0.15) is 10.4 Å². The van der Waals surface area contributed by atoms with Gasteiger partial charge in [-0.2, -0.15) is 0 Å². The quantitative estimate of drug-likeness (QED) is 0.480. The third-order valence-electron chi connectivity index (χ3n) is 3.91. The first kappa shape index (κ1) is 18.1. The minimum absolute atomic E-state index is 0.311. The number of pyridine rings is 1. The number of carbonyl (C=O) groups excluding carboxylic acids is 1. The summed E-state index contributed by atoms with van der Waals surface area (Å²) in [7, 11) is 1.31. The number of nitrogens with one attached hydrogen (secondary N) is 2. The maximum atomic E-state index is 11.7. The second-order valence-electron chi connectivity index (χ2n) is 5.68. The van der Waals surface area contributed by atoms with Crippen LogP contribution in [0.2, 0.25) is 10.0 Å². The lowest BCUT2D eigenvalue weighted by Gasteiger charge is -2.07. The van der Waals surface area contributed by atoms with E-state index < -0.39 is 5.97 Å². The summed E-state index contributed by atoms with van der Waals surface area (Å²) in [6.07, 6.45) is 4.35. The van der Waals surface area contributed by atoms with Crippen molar-refractivity contribution >= 4 is 51.8 Å². The Morgan fingerprint density at radius 3 is 2.71 bits per heavy atom. The number of imidazole rings is 1. The number of methoxy groups -OCH3 is 1. The smallest absolute Gasteiger partial charge is 0.339 e. The molecule has 0 amide bonds. The van der Waals surface area contributed by atoms with E-state index in [0.717, 1.165) is 0 Å². The van der Waals surface area contributed by atoms with Gasteiger partial charge >= 0.3 is 5.97 Å². The van der Waals surface area contributed by atoms with Crippen molar-refractivity contribution in [2.75, 3.05) is 12.4 Å². The maximum Gasteiger partial charge on any atom is 0.339 e. The second-order valence-corrected chi connectivity index (χ2v) is 6.50. The van der Waals surface area contributed by atoms with E-state index in [1.54, 1.807) is 30.5 Å². The number of esters is 1. The summed E-state index contributed by atoms with van der Waals surface area (Å²) < 4.78 is 4.71. The monoisotopic (exact) mass is 414 g/mol. The number of ether oxygens (including phenoxy) is 1. The molecule has 0 atom stereocenters. The van der Waals surface area contributed by atoms with Crippen LogP contribution in [0.25, 0.3) is 22.6 Å². The van der Waals surface area contributed by atoms with Gasteiger partial charge in [-0.05, 0) is 18.2 Å². The van der Waals surface area contributed by atoms with Crippen molar-refractivity contribution in [3.63, 3.8) is 0 Å². The predicted octanol–water partition coefficient (Wildman–Crippen LogP) is 4.25. The molecule has 3 heterocycles. The Morgan fingerprint density at radius 2 is 1.96 bits per heavy atom. The van der Waals surface area contributed by atoms with Crippen LogP contribution in [0.3, 0.4) is 0 Å². The number of rotatable bonds is 4. The Kier molecular flexibility index (Phi) is 4.81. The number of halogens is 2. The molecular weight excluding hydrogens is 403 g/mol. The minimum Gasteiger partial charge on any atom is -0.465 e. The van der Waals surface area contributed by atoms with E-state index in [1.165, 1.54) is 19.6 Å². The summed E-state index contributed by atoms with van der Waals surface area (Å²) in [5.41, 5.74) is 2.42. The molecule has 4 rings (SSSR count). The molecule has 0 radical (unpaired) electrons. The minimum atomic E-state index is -0.485. The van der Waals surface area contributed by atoms with E-state index in [-0.39, 0.29) is 0 Å². The summed E-state index contributed by atoms with van der Waals surface area (Å²) in [6.45, 7) is 0. The molecule has 0 unspecified atom stereocenters. The molecular formula is C18H12Cl2N6O2. The fourth-order valence-electron chi connectivity index (χ4n) is 2.64. The van der Waals surface area contributed by atoms with Crippen LogP contribution >= 0.6 is 23.2 Å². The Hall–Kier alpha value is -3.23. The molecule has 0 aliphatic carbocycles. The molecule has 1 aromatic carbocycles. The van der Waals surface area contributed by atoms with Gasteiger partial charge in [0.2, 0.25) is 0 Å². The molecule has 3 aromatic heterocycles. The van der Waals surface area contributed by atoms with Crippen molar-refractivity contribution in [2.45, 2.75) is 0 Å². The number of H-pyrrole nitrogens is 1. The molecule has 0 saturated heterocycles. The topological polar surface area (TPSA) is 106 Å². The average Bonchev–Trinajstić information content (AvgIpc) is 3.12. The summed E-state index contributed by atoms with van der Waals surface area (Å²) in [6, 6.07) is 6.81. The molecule has 2 N–H and O–H groups in total. The molecule has 8 nitrogen and oxygen atoms in total. The zero-order valence-electron chi connectivity index (χ0n) is 14.4. The lowest BCUT2D eigenvalue weighted by Crippen LogP contribution is -2.03. The molecule has 0 aliphatic heterocycles. The molecule has 0 spiro atoms. The Bertz CT molecular complexity index is 1170. The van der Waals surface area contributed by atoms with Gasteiger partial charge in [0.15, 0.2) is 11.5 Å². The van der Waals surface area contributed by atoms with Gasteiger partial charge in [0.25, 0.3) is 0 Å². The van der Waals surface area contributed by atoms with E-state index in [0.29, 0.717) is 49.7 Å². The van der Waals surface area contributed by atoms with Gasteiger partial charge < -0.3 is 15.0 Å². The molecule has 140 valence electrons. The highest BCUT2D eigenvalue weighted by Gasteiger charge is 2.16. The van der Waals surface area contributed by atoms with Gasteiger partial charge in [0.1, 0.15) is 17.7 Å². The second kappa shape index (κ2) is 7.41. The maximum absolute atomic E-state index is 11.7. The fourth-order valence-corrected chi connectivity index (χ4v) is 3.22. The molecule has 0 fully saturated rings. The number of carbonyl (C=O) groups is 1. The zero-order chi connectivity index (χ0) is 19.7. The van der Waals surface area contributed by atoms with Crippen LogP contribution in [-0.4, -0.2) is 38.0 Å². The van der Waals surface area contributed by atoms with Crippen LogP contribution in [0.15, 0.2) is 43.0 Å². The number of aromatic nitrogens is 5. The zero-order valence-corrected chi connectivity index (χ0v) is 15.9. The Labute approximate surface area is 168 Å². The van der Waals surface area contributed by atoms with Gasteiger partial charge in [-0.3, -0.25) is 4.98 Å². The van der Waals surface area contributed by atoms with Gasteiger partial charge in [0, 0.05) is 6.20 Å². The Morgan fingerprint density at radius 1 is 1.18 bits per heavy atom. The summed E-state index contributed by atoms with van der Waals surface area (Å²) in [4.78, 5) is 31.8. The van der Waals surface area contributed by atoms with Gasteiger partial charge in [-0.15, -0.1) is 0 Å². The van der Waals surface area contributed by atoms with E-state index >= 15 is 0 Å². The van der Waals surface area contributed by atoms with Crippen LogP contribution in [0.5, 0.6) is 0 Å². The molecule has 10 heteroatoms. The first-order chi connectivity index (χ1) is 13.6. The number of aromatic amines is 1. The standard InChI is InChI=1S/C18H12Cl2N6O2/c1-28-18(27)9-5-10(7-21-6-9)24-16-14-17(23-8-22-16)26-15(25-14)13-11(19)3-2-4-12(13)20/h2-8H,1H3,(H2,22,23,24,25,26). The van der Waals surface area contributed by atoms with Crippen LogP contribution < -0.4 is 5.32 Å². The number of benzene rings is 1. The first-order valence-corrected chi connectivity index (χ1v) is 8.78. The number of fused-ring (bicyclic) bond motifs is 1. The molecule has 0 bridgehead atoms. The highest BCUT2D eigenvalue weighted by Crippen LogP contribution is 2.34. The van der Waals surface area contributed by atoms with E-state index in [2.05, 4.69) is 30.2 Å². The number of nitrogens with zero attached hydrogens (tertiary/aromatic N) is 4. The lowest BCUT2D eigenvalue weighted by molar-refractivity contribution is 0.0600. The van der Waals surface area contributed by atoms with Crippen molar-refractivity contribution in [3.05, 3.63) is 58.6 Å². The lowest BCUT2D eigenvalue weighted by atomic mass is 10.2. The van der Waals surface area contributed by atoms with Gasteiger partial charge in [-0.25, -0.2) is 19.7 Å². The van der Waals surface area contributed by atoms with Crippen molar-refractivity contribution < 1.29 is 9.53 Å². The summed E-state index contributed by atoms with van der Waals surface area (Å²) in [5, 5.41) is 4.03. The first-order valence-electron chi connectivity index (χ1n) is 8.02. The van der Waals surface area contributed by atoms with Crippen LogP contribution in [0.4, 0.5) is 11.5 Å². The SMILES string of the molecule is COC(=O)c1cncc(Nc2ncnc3nc(-c4c(Cl)cccc4Cl)[nH]c23)c1. The van der Waals surface area contributed by atoms with Crippen molar-refractivity contribution in [1.29, 1.82) is 0 Å². The predicted molar refractivity (Wildman–Crippen MR) is 106 cm³/mol. The molecule has 4 aromatic rings. The van der Waals surface area contributed by atoms with Crippen molar-refractivity contribution in [1.82, 2.24) is 24.9 Å². The molecule has 0 saturated carbocycles. The normalized spacial score (nSPS) is 10.8. The number of hydrogen-bond donors (Lipinski definition) is 2. The van der Waals surface area contributed by atoms with Crippen LogP contribution in [-0.2, 0) is 4.74 Å². The van der Waals surface area contributed by atoms with Crippen molar-refractivity contribution in [3.8, 4) is 11.4 Å². The summed E-state index contributed by atoms with van der Waals surface area (Å²) in [5.74, 6) is 0.438. The third kappa shape index (κ3) is 3.35. The number of hydrogen-bond acceptors (Lipinski definition) is 7. The fraction of sp³-hybridized carbons (Fsp3) is 0.0556. The third-order valence-corrected chi connectivity index (χ3v) is 4.54. The van der Waals surface area contributed by atoms with Crippen LogP contribution in [0, 0.1) is 0 Å². The Balaban J connectivity index is 1.75. The van der Waals surface area contributed by atoms with E-state index in [1.807, 2.05) is 0 Å². The average molecular weight is 415 g/mol.